The molecule has 0 spiro atoms. The molecule has 2 aromatic heterocycles. The largest absolute Gasteiger partial charge is 0.293 e. The highest BCUT2D eigenvalue weighted by atomic mass is 79.9. The summed E-state index contributed by atoms with van der Waals surface area (Å²) in [5.41, 5.74) is 1.87. The number of nitrogens with zero attached hydrogens (tertiary/aromatic N) is 3. The van der Waals surface area contributed by atoms with Crippen LogP contribution in [0.2, 0.25) is 0 Å². The van der Waals surface area contributed by atoms with Gasteiger partial charge >= 0.3 is 0 Å². The lowest BCUT2D eigenvalue weighted by molar-refractivity contribution is 0.244. The van der Waals surface area contributed by atoms with Gasteiger partial charge in [0.1, 0.15) is 0 Å². The standard InChI is InChI=1S/C13H14BrN3O2S2/c1-21(18,19)13-15-5-9-6-17(3-2-12(9)16-13)7-11-4-10(14)8-20-11/h4-5,8H,2-3,6-7H2,1H3. The Kier molecular flexibility index (Phi) is 4.13. The van der Waals surface area contributed by atoms with E-state index in [0.29, 0.717) is 0 Å². The number of halogens is 1. The lowest BCUT2D eigenvalue weighted by Gasteiger charge is -2.27. The van der Waals surface area contributed by atoms with Gasteiger partial charge in [0.2, 0.25) is 15.0 Å². The van der Waals surface area contributed by atoms with Gasteiger partial charge in [-0.3, -0.25) is 4.90 Å². The molecule has 1 aliphatic rings. The first-order chi connectivity index (χ1) is 9.91. The Morgan fingerprint density at radius 1 is 1.48 bits per heavy atom. The van der Waals surface area contributed by atoms with E-state index in [-0.39, 0.29) is 5.16 Å². The summed E-state index contributed by atoms with van der Waals surface area (Å²) >= 11 is 5.20. The Bertz CT molecular complexity index is 773. The first-order valence-corrected chi connectivity index (χ1v) is 9.98. The maximum Gasteiger partial charge on any atom is 0.246 e. The quantitative estimate of drug-likeness (QED) is 0.755. The van der Waals surface area contributed by atoms with Gasteiger partial charge in [0.15, 0.2) is 0 Å². The molecule has 0 atom stereocenters. The molecule has 5 nitrogen and oxygen atoms in total. The fourth-order valence-electron chi connectivity index (χ4n) is 2.33. The molecule has 8 heteroatoms. The minimum absolute atomic E-state index is 0.0723. The van der Waals surface area contributed by atoms with E-state index in [9.17, 15) is 8.42 Å². The third-order valence-electron chi connectivity index (χ3n) is 3.32. The second kappa shape index (κ2) is 5.75. The number of hydrogen-bond donors (Lipinski definition) is 0. The van der Waals surface area contributed by atoms with Crippen molar-refractivity contribution < 1.29 is 8.42 Å². The van der Waals surface area contributed by atoms with Crippen LogP contribution in [0.1, 0.15) is 16.1 Å². The Morgan fingerprint density at radius 3 is 2.95 bits per heavy atom. The van der Waals surface area contributed by atoms with Gasteiger partial charge in [-0.25, -0.2) is 18.4 Å². The van der Waals surface area contributed by atoms with Gasteiger partial charge in [-0.15, -0.1) is 11.3 Å². The van der Waals surface area contributed by atoms with E-state index < -0.39 is 9.84 Å². The summed E-state index contributed by atoms with van der Waals surface area (Å²) in [7, 11) is -3.33. The van der Waals surface area contributed by atoms with E-state index in [1.165, 1.54) is 4.88 Å². The van der Waals surface area contributed by atoms with E-state index in [0.717, 1.165) is 48.0 Å². The zero-order chi connectivity index (χ0) is 15.0. The maximum absolute atomic E-state index is 11.5. The zero-order valence-corrected chi connectivity index (χ0v) is 14.6. The van der Waals surface area contributed by atoms with Crippen LogP contribution in [0.3, 0.4) is 0 Å². The van der Waals surface area contributed by atoms with E-state index in [1.54, 1.807) is 17.5 Å². The van der Waals surface area contributed by atoms with Gasteiger partial charge in [-0.2, -0.15) is 0 Å². The third kappa shape index (κ3) is 3.50. The van der Waals surface area contributed by atoms with Crippen molar-refractivity contribution in [2.24, 2.45) is 0 Å². The second-order valence-electron chi connectivity index (χ2n) is 5.09. The molecule has 0 radical (unpaired) electrons. The Morgan fingerprint density at radius 2 is 2.29 bits per heavy atom. The van der Waals surface area contributed by atoms with Gasteiger partial charge in [-0.1, -0.05) is 0 Å². The average molecular weight is 388 g/mol. The molecule has 21 heavy (non-hydrogen) atoms. The molecule has 0 fully saturated rings. The fraction of sp³-hybridized carbons (Fsp3) is 0.385. The topological polar surface area (TPSA) is 63.2 Å². The smallest absolute Gasteiger partial charge is 0.246 e. The number of fused-ring (bicyclic) bond motifs is 1. The van der Waals surface area contributed by atoms with Crippen LogP contribution in [-0.2, 0) is 29.3 Å². The second-order valence-corrected chi connectivity index (χ2v) is 8.91. The number of hydrogen-bond acceptors (Lipinski definition) is 6. The highest BCUT2D eigenvalue weighted by molar-refractivity contribution is 9.10. The summed E-state index contributed by atoms with van der Waals surface area (Å²) in [6.45, 7) is 2.53. The van der Waals surface area contributed by atoms with Crippen LogP contribution in [0.4, 0.5) is 0 Å². The van der Waals surface area contributed by atoms with Gasteiger partial charge in [0.05, 0.1) is 5.69 Å². The molecule has 3 heterocycles. The van der Waals surface area contributed by atoms with E-state index in [2.05, 4.69) is 42.2 Å². The monoisotopic (exact) mass is 387 g/mol. The first kappa shape index (κ1) is 15.1. The molecule has 0 saturated heterocycles. The summed E-state index contributed by atoms with van der Waals surface area (Å²) in [6, 6.07) is 2.13. The van der Waals surface area contributed by atoms with Crippen LogP contribution < -0.4 is 0 Å². The number of aromatic nitrogens is 2. The van der Waals surface area contributed by atoms with Crippen LogP contribution in [0.25, 0.3) is 0 Å². The Labute approximate surface area is 136 Å². The minimum Gasteiger partial charge on any atom is -0.293 e. The predicted molar refractivity (Wildman–Crippen MR) is 85.0 cm³/mol. The van der Waals surface area contributed by atoms with Crippen molar-refractivity contribution in [1.29, 1.82) is 0 Å². The summed E-state index contributed by atoms with van der Waals surface area (Å²) in [4.78, 5) is 11.8. The zero-order valence-electron chi connectivity index (χ0n) is 11.4. The molecule has 0 bridgehead atoms. The molecule has 0 unspecified atom stereocenters. The Hall–Kier alpha value is -0.830. The SMILES string of the molecule is CS(=O)(=O)c1ncc2c(n1)CCN(Cc1cc(Br)cs1)C2. The highest BCUT2D eigenvalue weighted by Crippen LogP contribution is 2.24. The van der Waals surface area contributed by atoms with Crippen molar-refractivity contribution in [2.75, 3.05) is 12.8 Å². The highest BCUT2D eigenvalue weighted by Gasteiger charge is 2.21. The Balaban J connectivity index is 1.77. The first-order valence-electron chi connectivity index (χ1n) is 6.42. The van der Waals surface area contributed by atoms with Crippen molar-refractivity contribution in [1.82, 2.24) is 14.9 Å². The minimum atomic E-state index is -3.33. The summed E-state index contributed by atoms with van der Waals surface area (Å²) < 4.78 is 24.1. The summed E-state index contributed by atoms with van der Waals surface area (Å²) in [5.74, 6) is 0. The van der Waals surface area contributed by atoms with Crippen molar-refractivity contribution >= 4 is 37.1 Å². The molecule has 0 aliphatic carbocycles. The van der Waals surface area contributed by atoms with Crippen LogP contribution in [0, 0.1) is 0 Å². The van der Waals surface area contributed by atoms with E-state index in [4.69, 9.17) is 0 Å². The molecule has 3 rings (SSSR count). The molecular weight excluding hydrogens is 374 g/mol. The molecule has 0 saturated carbocycles. The maximum atomic E-state index is 11.5. The molecule has 2 aromatic rings. The lowest BCUT2D eigenvalue weighted by Crippen LogP contribution is -2.31. The van der Waals surface area contributed by atoms with Crippen molar-refractivity contribution in [3.05, 3.63) is 38.3 Å². The summed E-state index contributed by atoms with van der Waals surface area (Å²) in [5, 5.41) is 2.01. The molecular formula is C13H14BrN3O2S2. The van der Waals surface area contributed by atoms with Crippen LogP contribution >= 0.6 is 27.3 Å². The normalized spacial score (nSPS) is 15.9. The molecule has 1 aliphatic heterocycles. The van der Waals surface area contributed by atoms with Crippen molar-refractivity contribution in [3.63, 3.8) is 0 Å². The third-order valence-corrected chi connectivity index (χ3v) is 5.87. The van der Waals surface area contributed by atoms with E-state index in [1.807, 2.05) is 0 Å². The van der Waals surface area contributed by atoms with Crippen LogP contribution in [-0.4, -0.2) is 36.1 Å². The van der Waals surface area contributed by atoms with E-state index >= 15 is 0 Å². The van der Waals surface area contributed by atoms with Gasteiger partial charge < -0.3 is 0 Å². The number of thiophene rings is 1. The van der Waals surface area contributed by atoms with Gasteiger partial charge in [-0.05, 0) is 22.0 Å². The van der Waals surface area contributed by atoms with Gasteiger partial charge in [0.25, 0.3) is 0 Å². The van der Waals surface area contributed by atoms with Crippen LogP contribution in [0.5, 0.6) is 0 Å². The molecule has 0 amide bonds. The summed E-state index contributed by atoms with van der Waals surface area (Å²) in [6.07, 6.45) is 3.54. The average Bonchev–Trinajstić information content (AvgIpc) is 2.82. The molecule has 0 aromatic carbocycles. The number of rotatable bonds is 3. The van der Waals surface area contributed by atoms with Crippen molar-refractivity contribution in [3.8, 4) is 0 Å². The lowest BCUT2D eigenvalue weighted by atomic mass is 10.1. The predicted octanol–water partition coefficient (Wildman–Crippen LogP) is 2.26. The van der Waals surface area contributed by atoms with Crippen molar-refractivity contribution in [2.45, 2.75) is 24.7 Å². The van der Waals surface area contributed by atoms with Crippen LogP contribution in [0.15, 0.2) is 27.3 Å². The van der Waals surface area contributed by atoms with Gasteiger partial charge in [0, 0.05) is 58.8 Å². The fourth-order valence-corrected chi connectivity index (χ4v) is 4.34. The number of sulfone groups is 1. The molecule has 112 valence electrons. The molecule has 0 N–H and O–H groups in total.